The van der Waals surface area contributed by atoms with E-state index in [-0.39, 0.29) is 31.5 Å². The molecule has 1 aromatic carbocycles. The summed E-state index contributed by atoms with van der Waals surface area (Å²) in [6.45, 7) is 1.18. The summed E-state index contributed by atoms with van der Waals surface area (Å²) in [5, 5.41) is 8.91. The number of hydrogen-bond acceptors (Lipinski definition) is 5. The van der Waals surface area contributed by atoms with Gasteiger partial charge in [0.25, 0.3) is 5.91 Å². The van der Waals surface area contributed by atoms with Gasteiger partial charge in [-0.05, 0) is 25.0 Å². The third-order valence-corrected chi connectivity index (χ3v) is 3.94. The van der Waals surface area contributed by atoms with Crippen molar-refractivity contribution >= 4 is 11.9 Å². The number of methoxy groups -OCH3 is 1. The number of nitrogens with zero attached hydrogens (tertiary/aromatic N) is 1. The van der Waals surface area contributed by atoms with Gasteiger partial charge in [-0.2, -0.15) is 0 Å². The van der Waals surface area contributed by atoms with Gasteiger partial charge in [0.05, 0.1) is 13.5 Å². The van der Waals surface area contributed by atoms with E-state index in [0.717, 1.165) is 0 Å². The Morgan fingerprint density at radius 1 is 1.25 bits per heavy atom. The minimum absolute atomic E-state index is 0.00753. The van der Waals surface area contributed by atoms with E-state index >= 15 is 0 Å². The van der Waals surface area contributed by atoms with Gasteiger partial charge in [0, 0.05) is 25.8 Å². The Kier molecular flexibility index (Phi) is 6.87. The quantitative estimate of drug-likeness (QED) is 0.775. The summed E-state index contributed by atoms with van der Waals surface area (Å²) in [6.07, 6.45) is 1.33. The summed E-state index contributed by atoms with van der Waals surface area (Å²) < 4.78 is 16.1. The van der Waals surface area contributed by atoms with Crippen LogP contribution in [0.15, 0.2) is 24.3 Å². The van der Waals surface area contributed by atoms with Crippen molar-refractivity contribution in [3.8, 4) is 11.5 Å². The van der Waals surface area contributed by atoms with E-state index in [0.29, 0.717) is 37.6 Å². The number of carboxylic acids is 1. The van der Waals surface area contributed by atoms with Gasteiger partial charge in [-0.1, -0.05) is 12.1 Å². The van der Waals surface area contributed by atoms with Crippen LogP contribution in [-0.2, 0) is 14.3 Å². The molecule has 2 rings (SSSR count). The average molecular weight is 337 g/mol. The lowest BCUT2D eigenvalue weighted by molar-refractivity contribution is -0.141. The Hall–Kier alpha value is -2.28. The first-order valence-electron chi connectivity index (χ1n) is 7.96. The van der Waals surface area contributed by atoms with Gasteiger partial charge in [0.1, 0.15) is 0 Å². The maximum absolute atomic E-state index is 12.6. The van der Waals surface area contributed by atoms with Crippen LogP contribution in [0, 0.1) is 0 Å². The van der Waals surface area contributed by atoms with E-state index in [2.05, 4.69) is 0 Å². The normalized spacial score (nSPS) is 14.9. The standard InChI is InChI=1S/C17H23NO6/c1-22-14-4-2-3-5-15(14)24-12-16(19)18(9-6-17(20)21)13-7-10-23-11-8-13/h2-5,13H,6-12H2,1H3,(H,20,21). The second-order valence-corrected chi connectivity index (χ2v) is 5.51. The molecule has 132 valence electrons. The molecule has 1 N–H and O–H groups in total. The SMILES string of the molecule is COc1ccccc1OCC(=O)N(CCC(=O)O)C1CCOCC1. The molecule has 7 heteroatoms. The number of aliphatic carboxylic acids is 1. The largest absolute Gasteiger partial charge is 0.493 e. The fraction of sp³-hybridized carbons (Fsp3) is 0.529. The molecular formula is C17H23NO6. The van der Waals surface area contributed by atoms with Gasteiger partial charge in [-0.15, -0.1) is 0 Å². The van der Waals surface area contributed by atoms with Crippen LogP contribution >= 0.6 is 0 Å². The number of para-hydroxylation sites is 2. The monoisotopic (exact) mass is 337 g/mol. The first-order valence-corrected chi connectivity index (χ1v) is 7.96. The number of hydrogen-bond donors (Lipinski definition) is 1. The number of ether oxygens (including phenoxy) is 3. The molecule has 1 aliphatic heterocycles. The summed E-state index contributed by atoms with van der Waals surface area (Å²) in [5.41, 5.74) is 0. The molecule has 1 fully saturated rings. The van der Waals surface area contributed by atoms with Crippen molar-refractivity contribution < 1.29 is 28.9 Å². The molecule has 7 nitrogen and oxygen atoms in total. The second-order valence-electron chi connectivity index (χ2n) is 5.51. The lowest BCUT2D eigenvalue weighted by Gasteiger charge is -2.34. The molecule has 1 saturated heterocycles. The zero-order valence-electron chi connectivity index (χ0n) is 13.8. The summed E-state index contributed by atoms with van der Waals surface area (Å²) >= 11 is 0. The smallest absolute Gasteiger partial charge is 0.305 e. The molecular weight excluding hydrogens is 314 g/mol. The lowest BCUT2D eigenvalue weighted by atomic mass is 10.1. The molecule has 0 unspecified atom stereocenters. The number of benzene rings is 1. The Bertz CT molecular complexity index is 556. The van der Waals surface area contributed by atoms with E-state index in [1.54, 1.807) is 23.1 Å². The predicted molar refractivity (Wildman–Crippen MR) is 86.3 cm³/mol. The van der Waals surface area contributed by atoms with E-state index < -0.39 is 5.97 Å². The topological polar surface area (TPSA) is 85.3 Å². The molecule has 0 aliphatic carbocycles. The molecule has 24 heavy (non-hydrogen) atoms. The molecule has 0 bridgehead atoms. The highest BCUT2D eigenvalue weighted by molar-refractivity contribution is 5.79. The molecule has 0 radical (unpaired) electrons. The molecule has 0 saturated carbocycles. The van der Waals surface area contributed by atoms with Crippen LogP contribution in [0.1, 0.15) is 19.3 Å². The Balaban J connectivity index is 1.99. The number of carboxylic acid groups (broad SMARTS) is 1. The zero-order chi connectivity index (χ0) is 17.4. The molecule has 1 aromatic rings. The fourth-order valence-corrected chi connectivity index (χ4v) is 2.68. The highest BCUT2D eigenvalue weighted by Gasteiger charge is 2.26. The van der Waals surface area contributed by atoms with Crippen molar-refractivity contribution in [3.05, 3.63) is 24.3 Å². The van der Waals surface area contributed by atoms with Crippen molar-refractivity contribution in [2.45, 2.75) is 25.3 Å². The van der Waals surface area contributed by atoms with Crippen molar-refractivity contribution in [3.63, 3.8) is 0 Å². The van der Waals surface area contributed by atoms with Gasteiger partial charge in [0.15, 0.2) is 18.1 Å². The van der Waals surface area contributed by atoms with Crippen LogP contribution in [0.2, 0.25) is 0 Å². The third-order valence-electron chi connectivity index (χ3n) is 3.94. The minimum Gasteiger partial charge on any atom is -0.493 e. The van der Waals surface area contributed by atoms with E-state index in [1.807, 2.05) is 6.07 Å². The van der Waals surface area contributed by atoms with Gasteiger partial charge in [0.2, 0.25) is 0 Å². The maximum Gasteiger partial charge on any atom is 0.305 e. The number of carbonyl (C=O) groups is 2. The predicted octanol–water partition coefficient (Wildman–Crippen LogP) is 1.56. The first-order chi connectivity index (χ1) is 11.6. The van der Waals surface area contributed by atoms with Crippen molar-refractivity contribution in [2.24, 2.45) is 0 Å². The van der Waals surface area contributed by atoms with Gasteiger partial charge >= 0.3 is 5.97 Å². The third kappa shape index (κ3) is 5.13. The Morgan fingerprint density at radius 2 is 1.92 bits per heavy atom. The molecule has 1 amide bonds. The van der Waals surface area contributed by atoms with E-state index in [4.69, 9.17) is 19.3 Å². The van der Waals surface area contributed by atoms with Crippen LogP contribution in [0.25, 0.3) is 0 Å². The molecule has 1 heterocycles. The summed E-state index contributed by atoms with van der Waals surface area (Å²) in [4.78, 5) is 25.0. The summed E-state index contributed by atoms with van der Waals surface area (Å²) in [6, 6.07) is 7.08. The van der Waals surface area contributed by atoms with Crippen LogP contribution in [0.5, 0.6) is 11.5 Å². The zero-order valence-corrected chi connectivity index (χ0v) is 13.8. The van der Waals surface area contributed by atoms with Crippen LogP contribution in [0.4, 0.5) is 0 Å². The second kappa shape index (κ2) is 9.12. The Labute approximate surface area is 141 Å². The summed E-state index contributed by atoms with van der Waals surface area (Å²) in [5.74, 6) is -0.119. The van der Waals surface area contributed by atoms with Gasteiger partial charge < -0.3 is 24.2 Å². The number of amides is 1. The highest BCUT2D eigenvalue weighted by Crippen LogP contribution is 2.26. The summed E-state index contributed by atoms with van der Waals surface area (Å²) in [7, 11) is 1.53. The fourth-order valence-electron chi connectivity index (χ4n) is 2.68. The molecule has 0 atom stereocenters. The van der Waals surface area contributed by atoms with Gasteiger partial charge in [-0.3, -0.25) is 9.59 Å². The molecule has 0 spiro atoms. The van der Waals surface area contributed by atoms with Crippen molar-refractivity contribution in [1.82, 2.24) is 4.90 Å². The van der Waals surface area contributed by atoms with Crippen LogP contribution < -0.4 is 9.47 Å². The minimum atomic E-state index is -0.925. The number of rotatable bonds is 8. The Morgan fingerprint density at radius 3 is 2.54 bits per heavy atom. The lowest BCUT2D eigenvalue weighted by Crippen LogP contribution is -2.46. The number of carbonyl (C=O) groups excluding carboxylic acids is 1. The first kappa shape index (κ1) is 18.1. The van der Waals surface area contributed by atoms with Crippen molar-refractivity contribution in [2.75, 3.05) is 33.5 Å². The van der Waals surface area contributed by atoms with Crippen LogP contribution in [-0.4, -0.2) is 61.4 Å². The van der Waals surface area contributed by atoms with Crippen molar-refractivity contribution in [1.29, 1.82) is 0 Å². The van der Waals surface area contributed by atoms with E-state index in [1.165, 1.54) is 7.11 Å². The highest BCUT2D eigenvalue weighted by atomic mass is 16.5. The molecule has 1 aliphatic rings. The molecule has 0 aromatic heterocycles. The van der Waals surface area contributed by atoms with Gasteiger partial charge in [-0.25, -0.2) is 0 Å². The average Bonchev–Trinajstić information content (AvgIpc) is 2.61. The maximum atomic E-state index is 12.6. The van der Waals surface area contributed by atoms with E-state index in [9.17, 15) is 9.59 Å². The van der Waals surface area contributed by atoms with Crippen LogP contribution in [0.3, 0.4) is 0 Å².